The molecule has 0 aliphatic rings. The number of rotatable bonds is 16. The lowest BCUT2D eigenvalue weighted by Crippen LogP contribution is -2.61. The predicted molar refractivity (Wildman–Crippen MR) is 116 cm³/mol. The van der Waals surface area contributed by atoms with E-state index < -0.39 is 109 Å². The molecular formula is C22H17F18NO7. The first-order valence-corrected chi connectivity index (χ1v) is 12.0. The van der Waals surface area contributed by atoms with Gasteiger partial charge in [-0.15, -0.1) is 0 Å². The maximum atomic E-state index is 13.8. The van der Waals surface area contributed by atoms with Gasteiger partial charge in [0.25, 0.3) is 5.69 Å². The van der Waals surface area contributed by atoms with Crippen LogP contribution in [-0.2, 0) is 14.2 Å². The van der Waals surface area contributed by atoms with E-state index in [0.29, 0.717) is 0 Å². The number of nitro groups is 1. The van der Waals surface area contributed by atoms with Crippen molar-refractivity contribution < 1.29 is 108 Å². The Bertz CT molecular complexity index is 1210. The lowest BCUT2D eigenvalue weighted by atomic mass is 10.0. The minimum absolute atomic E-state index is 0.285. The van der Waals surface area contributed by atoms with E-state index in [1.54, 1.807) is 0 Å². The molecule has 0 atom stereocenters. The van der Waals surface area contributed by atoms with E-state index in [2.05, 4.69) is 18.9 Å². The van der Waals surface area contributed by atoms with Crippen LogP contribution in [0.1, 0.15) is 19.8 Å². The molecule has 0 fully saturated rings. The van der Waals surface area contributed by atoms with Gasteiger partial charge in [0.1, 0.15) is 12.4 Å². The fourth-order valence-electron chi connectivity index (χ4n) is 3.00. The van der Waals surface area contributed by atoms with Crippen LogP contribution in [0.4, 0.5) is 89.5 Å². The number of hydrogen-bond acceptors (Lipinski definition) is 7. The van der Waals surface area contributed by atoms with Gasteiger partial charge >= 0.3 is 54.0 Å². The van der Waals surface area contributed by atoms with E-state index >= 15 is 0 Å². The number of carbonyl (C=O) groups is 1. The van der Waals surface area contributed by atoms with Crippen molar-refractivity contribution in [1.82, 2.24) is 0 Å². The second-order valence-electron chi connectivity index (χ2n) is 9.42. The third kappa shape index (κ3) is 8.96. The summed E-state index contributed by atoms with van der Waals surface area (Å²) in [5, 5.41) is 10.6. The molecule has 48 heavy (non-hydrogen) atoms. The van der Waals surface area contributed by atoms with Crippen molar-refractivity contribution in [1.29, 1.82) is 0 Å². The highest BCUT2D eigenvalue weighted by atomic mass is 19.4. The van der Waals surface area contributed by atoms with E-state index in [-0.39, 0.29) is 6.92 Å². The zero-order valence-corrected chi connectivity index (χ0v) is 23.0. The molecule has 1 rings (SSSR count). The van der Waals surface area contributed by atoms with Crippen LogP contribution in [0.5, 0.6) is 5.75 Å². The zero-order chi connectivity index (χ0) is 38.0. The third-order valence-electron chi connectivity index (χ3n) is 5.77. The Hall–Kier alpha value is -3.45. The molecule has 0 amide bonds. The van der Waals surface area contributed by atoms with Crippen molar-refractivity contribution in [2.45, 2.75) is 73.4 Å². The summed E-state index contributed by atoms with van der Waals surface area (Å²) in [5.74, 6) is -45.4. The Morgan fingerprint density at radius 2 is 1.00 bits per heavy atom. The van der Waals surface area contributed by atoms with Gasteiger partial charge in [-0.3, -0.25) is 10.1 Å². The SMILES string of the molecule is CC(COC(=O)Oc1ccc([N+](=O)[O-])cc1)(OCCC(F)(F)C(F)(F)C(F)(F)C(F)(F)F)OCCC(F)(F)C(F)(F)C(F)(F)C(F)(F)F. The number of ether oxygens (including phenoxy) is 4. The van der Waals surface area contributed by atoms with Gasteiger partial charge in [0.15, 0.2) is 5.79 Å². The Morgan fingerprint density at radius 1 is 0.646 bits per heavy atom. The molecule has 0 aromatic heterocycles. The number of carbonyl (C=O) groups excluding carboxylic acids is 1. The third-order valence-corrected chi connectivity index (χ3v) is 5.77. The first-order chi connectivity index (χ1) is 21.2. The molecule has 0 heterocycles. The second kappa shape index (κ2) is 13.8. The predicted octanol–water partition coefficient (Wildman–Crippen LogP) is 8.58. The van der Waals surface area contributed by atoms with Crippen molar-refractivity contribution in [3.05, 3.63) is 34.4 Å². The van der Waals surface area contributed by atoms with Gasteiger partial charge in [-0.05, 0) is 19.1 Å². The summed E-state index contributed by atoms with van der Waals surface area (Å²) in [4.78, 5) is 21.6. The average Bonchev–Trinajstić information content (AvgIpc) is 2.90. The summed E-state index contributed by atoms with van der Waals surface area (Å²) in [5.41, 5.74) is -0.546. The molecule has 8 nitrogen and oxygen atoms in total. The van der Waals surface area contributed by atoms with Crippen LogP contribution in [0.15, 0.2) is 24.3 Å². The van der Waals surface area contributed by atoms with Crippen LogP contribution < -0.4 is 4.74 Å². The molecule has 0 saturated heterocycles. The molecule has 0 aliphatic carbocycles. The molecule has 0 radical (unpaired) electrons. The Kier molecular flexibility index (Phi) is 12.3. The quantitative estimate of drug-likeness (QED) is 0.0417. The lowest BCUT2D eigenvalue weighted by Gasteiger charge is -2.35. The molecule has 26 heteroatoms. The number of hydrogen-bond donors (Lipinski definition) is 0. The largest absolute Gasteiger partial charge is 0.514 e. The van der Waals surface area contributed by atoms with Crippen molar-refractivity contribution in [2.75, 3.05) is 19.8 Å². The molecule has 0 bridgehead atoms. The summed E-state index contributed by atoms with van der Waals surface area (Å²) in [6, 6.07) is 3.05. The van der Waals surface area contributed by atoms with Crippen LogP contribution in [0.2, 0.25) is 0 Å². The molecule has 1 aromatic rings. The first kappa shape index (κ1) is 42.6. The van der Waals surface area contributed by atoms with Crippen molar-refractivity contribution in [2.24, 2.45) is 0 Å². The highest BCUT2D eigenvalue weighted by Crippen LogP contribution is 2.55. The van der Waals surface area contributed by atoms with Crippen LogP contribution in [0.25, 0.3) is 0 Å². The van der Waals surface area contributed by atoms with E-state index in [1.165, 1.54) is 0 Å². The van der Waals surface area contributed by atoms with E-state index in [1.807, 2.05) is 0 Å². The summed E-state index contributed by atoms with van der Waals surface area (Å²) >= 11 is 0. The van der Waals surface area contributed by atoms with E-state index in [4.69, 9.17) is 0 Å². The van der Waals surface area contributed by atoms with Crippen molar-refractivity contribution in [3.63, 3.8) is 0 Å². The fraction of sp³-hybridized carbons (Fsp3) is 0.682. The molecule has 1 aromatic carbocycles. The second-order valence-corrected chi connectivity index (χ2v) is 9.42. The van der Waals surface area contributed by atoms with Gasteiger partial charge in [-0.2, -0.15) is 79.0 Å². The van der Waals surface area contributed by atoms with Crippen LogP contribution in [-0.4, -0.2) is 84.6 Å². The van der Waals surface area contributed by atoms with Gasteiger partial charge in [-0.1, -0.05) is 0 Å². The Morgan fingerprint density at radius 3 is 1.31 bits per heavy atom. The van der Waals surface area contributed by atoms with Crippen LogP contribution in [0.3, 0.4) is 0 Å². The minimum Gasteiger partial charge on any atom is -0.428 e. The number of halogens is 18. The van der Waals surface area contributed by atoms with E-state index in [0.717, 1.165) is 24.3 Å². The number of nitro benzene ring substituents is 1. The van der Waals surface area contributed by atoms with Crippen LogP contribution >= 0.6 is 0 Å². The molecule has 0 spiro atoms. The van der Waals surface area contributed by atoms with Crippen molar-refractivity contribution >= 4 is 11.8 Å². The minimum atomic E-state index is -7.36. The highest BCUT2D eigenvalue weighted by molar-refractivity contribution is 5.64. The standard InChI is InChI=1S/C22H17F18NO7/c1-14(10-45-13(42)48-12-4-2-11(3-5-12)41(43)44,46-8-6-15(23,24)17(27,28)19(31,32)21(35,36)37)47-9-7-16(25,26)18(29,30)20(33,34)22(38,39)40/h2-5H,6-10H2,1H3. The Balaban J connectivity index is 3.19. The number of nitrogens with zero attached hydrogens (tertiary/aromatic N) is 1. The summed E-state index contributed by atoms with van der Waals surface area (Å²) < 4.78 is 253. The molecule has 0 aliphatic heterocycles. The lowest BCUT2D eigenvalue weighted by molar-refractivity contribution is -0.399. The summed E-state index contributed by atoms with van der Waals surface area (Å²) in [7, 11) is 0. The fourth-order valence-corrected chi connectivity index (χ4v) is 3.00. The maximum absolute atomic E-state index is 13.8. The average molecular weight is 749 g/mol. The first-order valence-electron chi connectivity index (χ1n) is 12.0. The molecule has 0 unspecified atom stereocenters. The van der Waals surface area contributed by atoms with Gasteiger partial charge in [0.05, 0.1) is 18.1 Å². The van der Waals surface area contributed by atoms with Crippen molar-refractivity contribution in [3.8, 4) is 5.75 Å². The smallest absolute Gasteiger partial charge is 0.428 e. The van der Waals surface area contributed by atoms with Crippen LogP contribution in [0, 0.1) is 10.1 Å². The molecule has 0 N–H and O–H groups in total. The number of alkyl halides is 18. The van der Waals surface area contributed by atoms with E-state index in [9.17, 15) is 93.9 Å². The monoisotopic (exact) mass is 749 g/mol. The number of benzene rings is 1. The maximum Gasteiger partial charge on any atom is 0.514 e. The molecular weight excluding hydrogens is 732 g/mol. The number of non-ortho nitro benzene ring substituents is 1. The molecule has 278 valence electrons. The Labute approximate surface area is 254 Å². The topological polar surface area (TPSA) is 97.1 Å². The van der Waals surface area contributed by atoms with Gasteiger partial charge in [-0.25, -0.2) is 4.79 Å². The zero-order valence-electron chi connectivity index (χ0n) is 23.0. The summed E-state index contributed by atoms with van der Waals surface area (Å²) in [6.07, 6.45) is -22.0. The van der Waals surface area contributed by atoms with Gasteiger partial charge in [0, 0.05) is 25.0 Å². The summed E-state index contributed by atoms with van der Waals surface area (Å²) in [6.45, 7) is -5.69. The van der Waals surface area contributed by atoms with Gasteiger partial charge in [0.2, 0.25) is 0 Å². The normalized spacial score (nSPS) is 14.6. The van der Waals surface area contributed by atoms with Gasteiger partial charge < -0.3 is 18.9 Å². The highest BCUT2D eigenvalue weighted by Gasteiger charge is 2.82. The molecule has 0 saturated carbocycles.